The summed E-state index contributed by atoms with van der Waals surface area (Å²) in [4.78, 5) is 1.000. The number of nitrogens with two attached hydrogens (primary N) is 1. The normalized spacial score (nSPS) is 12.2. The second-order valence-corrected chi connectivity index (χ2v) is 5.35. The van der Waals surface area contributed by atoms with Crippen molar-refractivity contribution >= 4 is 11.8 Å². The maximum Gasteiger partial charge on any atom is 0.123 e. The minimum absolute atomic E-state index is 0.126. The summed E-state index contributed by atoms with van der Waals surface area (Å²) in [5, 5.41) is 0.126. The van der Waals surface area contributed by atoms with Crippen molar-refractivity contribution in [3.63, 3.8) is 0 Å². The molecule has 2 aromatic carbocycles. The van der Waals surface area contributed by atoms with E-state index in [0.29, 0.717) is 6.54 Å². The zero-order valence-electron chi connectivity index (χ0n) is 10.7. The molecule has 0 saturated heterocycles. The monoisotopic (exact) mass is 277 g/mol. The lowest BCUT2D eigenvalue weighted by atomic mass is 10.1. The molecule has 2 nitrogen and oxygen atoms in total. The maximum atomic E-state index is 12.9. The van der Waals surface area contributed by atoms with Crippen molar-refractivity contribution in [1.82, 2.24) is 0 Å². The van der Waals surface area contributed by atoms with E-state index in [2.05, 4.69) is 0 Å². The summed E-state index contributed by atoms with van der Waals surface area (Å²) < 4.78 is 18.1. The van der Waals surface area contributed by atoms with Crippen molar-refractivity contribution in [2.45, 2.75) is 10.1 Å². The fourth-order valence-electron chi connectivity index (χ4n) is 1.77. The number of halogens is 1. The van der Waals surface area contributed by atoms with Crippen molar-refractivity contribution in [2.75, 3.05) is 13.7 Å². The first kappa shape index (κ1) is 13.9. The summed E-state index contributed by atoms with van der Waals surface area (Å²) in [5.74, 6) is 0.589. The Hall–Kier alpha value is -1.52. The summed E-state index contributed by atoms with van der Waals surface area (Å²) >= 11 is 1.62. The predicted octanol–water partition coefficient (Wildman–Crippen LogP) is 3.63. The fraction of sp³-hybridized carbons (Fsp3) is 0.200. The molecule has 4 heteroatoms. The zero-order chi connectivity index (χ0) is 13.7. The minimum Gasteiger partial charge on any atom is -0.497 e. The number of thioether (sulfide) groups is 1. The molecular weight excluding hydrogens is 261 g/mol. The van der Waals surface area contributed by atoms with E-state index in [4.69, 9.17) is 10.5 Å². The highest BCUT2D eigenvalue weighted by Crippen LogP contribution is 2.35. The van der Waals surface area contributed by atoms with Crippen molar-refractivity contribution in [1.29, 1.82) is 0 Å². The van der Waals surface area contributed by atoms with Gasteiger partial charge in [-0.05, 0) is 42.0 Å². The largest absolute Gasteiger partial charge is 0.497 e. The molecule has 2 aromatic rings. The van der Waals surface area contributed by atoms with Gasteiger partial charge in [-0.3, -0.25) is 0 Å². The third-order valence-corrected chi connectivity index (χ3v) is 4.07. The first-order valence-corrected chi connectivity index (χ1v) is 6.87. The van der Waals surface area contributed by atoms with Gasteiger partial charge >= 0.3 is 0 Å². The summed E-state index contributed by atoms with van der Waals surface area (Å²) in [5.41, 5.74) is 6.95. The van der Waals surface area contributed by atoms with Crippen LogP contribution in [-0.2, 0) is 0 Å². The molecule has 0 fully saturated rings. The molecule has 0 bridgehead atoms. The van der Waals surface area contributed by atoms with Crippen LogP contribution in [0.15, 0.2) is 53.4 Å². The lowest BCUT2D eigenvalue weighted by Gasteiger charge is -2.15. The van der Waals surface area contributed by atoms with Crippen LogP contribution in [0.5, 0.6) is 5.75 Å². The molecule has 0 aliphatic rings. The number of benzene rings is 2. The van der Waals surface area contributed by atoms with E-state index in [1.807, 2.05) is 24.3 Å². The molecule has 1 atom stereocenters. The molecular formula is C15H16FNOS. The Morgan fingerprint density at radius 1 is 1.21 bits per heavy atom. The van der Waals surface area contributed by atoms with Gasteiger partial charge in [0.2, 0.25) is 0 Å². The molecule has 0 spiro atoms. The van der Waals surface area contributed by atoms with E-state index >= 15 is 0 Å². The van der Waals surface area contributed by atoms with Gasteiger partial charge in [0, 0.05) is 16.7 Å². The lowest BCUT2D eigenvalue weighted by Crippen LogP contribution is -2.09. The van der Waals surface area contributed by atoms with Crippen LogP contribution in [0.25, 0.3) is 0 Å². The van der Waals surface area contributed by atoms with E-state index in [9.17, 15) is 4.39 Å². The van der Waals surface area contributed by atoms with Gasteiger partial charge in [0.15, 0.2) is 0 Å². The van der Waals surface area contributed by atoms with Crippen LogP contribution in [0.3, 0.4) is 0 Å². The molecule has 2 rings (SSSR count). The van der Waals surface area contributed by atoms with Gasteiger partial charge in [-0.25, -0.2) is 4.39 Å². The fourth-order valence-corrected chi connectivity index (χ4v) is 2.77. The van der Waals surface area contributed by atoms with Crippen molar-refractivity contribution in [3.05, 3.63) is 59.9 Å². The van der Waals surface area contributed by atoms with Gasteiger partial charge in [0.25, 0.3) is 0 Å². The Balaban J connectivity index is 2.17. The molecule has 0 aliphatic carbocycles. The predicted molar refractivity (Wildman–Crippen MR) is 77.0 cm³/mol. The molecule has 0 aliphatic heterocycles. The summed E-state index contributed by atoms with van der Waals surface area (Å²) in [6, 6.07) is 14.3. The molecule has 0 saturated carbocycles. The quantitative estimate of drug-likeness (QED) is 0.848. The van der Waals surface area contributed by atoms with Crippen molar-refractivity contribution in [3.8, 4) is 5.75 Å². The molecule has 0 heterocycles. The van der Waals surface area contributed by atoms with Gasteiger partial charge in [0.05, 0.1) is 7.11 Å². The lowest BCUT2D eigenvalue weighted by molar-refractivity contribution is 0.414. The molecule has 19 heavy (non-hydrogen) atoms. The number of hydrogen-bond donors (Lipinski definition) is 1. The number of rotatable bonds is 5. The average molecular weight is 277 g/mol. The topological polar surface area (TPSA) is 35.2 Å². The highest BCUT2D eigenvalue weighted by molar-refractivity contribution is 7.99. The highest BCUT2D eigenvalue weighted by atomic mass is 32.2. The maximum absolute atomic E-state index is 12.9. The van der Waals surface area contributed by atoms with Gasteiger partial charge < -0.3 is 10.5 Å². The second kappa shape index (κ2) is 6.59. The molecule has 0 amide bonds. The van der Waals surface area contributed by atoms with Gasteiger partial charge in [-0.2, -0.15) is 0 Å². The van der Waals surface area contributed by atoms with Crippen LogP contribution in [0.1, 0.15) is 10.8 Å². The molecule has 0 radical (unpaired) electrons. The van der Waals surface area contributed by atoms with E-state index in [1.165, 1.54) is 12.1 Å². The van der Waals surface area contributed by atoms with Crippen LogP contribution >= 0.6 is 11.8 Å². The SMILES string of the molecule is COc1cccc(C(CN)Sc2ccc(F)cc2)c1. The van der Waals surface area contributed by atoms with Crippen molar-refractivity contribution in [2.24, 2.45) is 5.73 Å². The first-order valence-electron chi connectivity index (χ1n) is 5.99. The number of hydrogen-bond acceptors (Lipinski definition) is 3. The Labute approximate surface area is 116 Å². The zero-order valence-corrected chi connectivity index (χ0v) is 11.5. The van der Waals surface area contributed by atoms with Crippen LogP contribution in [-0.4, -0.2) is 13.7 Å². The number of methoxy groups -OCH3 is 1. The van der Waals surface area contributed by atoms with E-state index in [1.54, 1.807) is 31.0 Å². The van der Waals surface area contributed by atoms with Crippen molar-refractivity contribution < 1.29 is 9.13 Å². The van der Waals surface area contributed by atoms with E-state index < -0.39 is 0 Å². The van der Waals surface area contributed by atoms with Crippen LogP contribution in [0, 0.1) is 5.82 Å². The number of ether oxygens (including phenoxy) is 1. The Bertz CT molecular complexity index is 530. The highest BCUT2D eigenvalue weighted by Gasteiger charge is 2.12. The molecule has 1 unspecified atom stereocenters. The van der Waals surface area contributed by atoms with E-state index in [0.717, 1.165) is 16.2 Å². The molecule has 0 aromatic heterocycles. The third-order valence-electron chi connectivity index (χ3n) is 2.77. The van der Waals surface area contributed by atoms with Crippen LogP contribution in [0.4, 0.5) is 4.39 Å². The Morgan fingerprint density at radius 3 is 2.58 bits per heavy atom. The Morgan fingerprint density at radius 2 is 1.95 bits per heavy atom. The minimum atomic E-state index is -0.227. The van der Waals surface area contributed by atoms with Gasteiger partial charge in [-0.15, -0.1) is 11.8 Å². The van der Waals surface area contributed by atoms with Gasteiger partial charge in [-0.1, -0.05) is 12.1 Å². The molecule has 100 valence electrons. The first-order chi connectivity index (χ1) is 9.22. The smallest absolute Gasteiger partial charge is 0.123 e. The van der Waals surface area contributed by atoms with Gasteiger partial charge in [0.1, 0.15) is 11.6 Å². The molecule has 2 N–H and O–H groups in total. The summed E-state index contributed by atoms with van der Waals surface area (Å²) in [6.07, 6.45) is 0. The average Bonchev–Trinajstić information content (AvgIpc) is 2.46. The van der Waals surface area contributed by atoms with Crippen LogP contribution < -0.4 is 10.5 Å². The Kier molecular flexibility index (Phi) is 4.82. The van der Waals surface area contributed by atoms with E-state index in [-0.39, 0.29) is 11.1 Å². The second-order valence-electron chi connectivity index (χ2n) is 4.07. The summed E-state index contributed by atoms with van der Waals surface area (Å²) in [7, 11) is 1.64. The standard InChI is InChI=1S/C15H16FNOS/c1-18-13-4-2-3-11(9-13)15(10-17)19-14-7-5-12(16)6-8-14/h2-9,15H,10,17H2,1H3. The third kappa shape index (κ3) is 3.72. The summed E-state index contributed by atoms with van der Waals surface area (Å²) in [6.45, 7) is 0.509. The van der Waals surface area contributed by atoms with Crippen LogP contribution in [0.2, 0.25) is 0 Å².